The van der Waals surface area contributed by atoms with Crippen LogP contribution in [0, 0.1) is 18.3 Å². The molecular weight excluding hydrogens is 244 g/mol. The smallest absolute Gasteiger partial charge is 0.101 e. The van der Waals surface area contributed by atoms with E-state index in [1.54, 1.807) is 0 Å². The molecule has 0 aliphatic rings. The minimum atomic E-state index is 0.681. The Kier molecular flexibility index (Phi) is 4.79. The molecule has 2 nitrogen and oxygen atoms in total. The average molecular weight is 264 g/mol. The van der Waals surface area contributed by atoms with Crippen LogP contribution in [-0.4, -0.2) is 0 Å². The quantitative estimate of drug-likeness (QED) is 0.829. The Morgan fingerprint density at radius 3 is 2.50 bits per heavy atom. The van der Waals surface area contributed by atoms with E-state index >= 15 is 0 Å². The number of nitriles is 1. The molecule has 0 saturated carbocycles. The van der Waals surface area contributed by atoms with Gasteiger partial charge in [0.05, 0.1) is 11.3 Å². The third-order valence-electron chi connectivity index (χ3n) is 3.35. The summed E-state index contributed by atoms with van der Waals surface area (Å²) in [5, 5.41) is 12.5. The van der Waals surface area contributed by atoms with Crippen LogP contribution in [0.3, 0.4) is 0 Å². The Morgan fingerprint density at radius 1 is 1.10 bits per heavy atom. The van der Waals surface area contributed by atoms with Crippen molar-refractivity contribution < 1.29 is 0 Å². The fourth-order valence-corrected chi connectivity index (χ4v) is 2.15. The summed E-state index contributed by atoms with van der Waals surface area (Å²) < 4.78 is 0. The van der Waals surface area contributed by atoms with Crippen molar-refractivity contribution in [2.24, 2.45) is 0 Å². The second kappa shape index (κ2) is 6.77. The highest BCUT2D eigenvalue weighted by Gasteiger charge is 2.02. The molecule has 2 heteroatoms. The summed E-state index contributed by atoms with van der Waals surface area (Å²) >= 11 is 0. The van der Waals surface area contributed by atoms with E-state index in [1.165, 1.54) is 18.4 Å². The van der Waals surface area contributed by atoms with Gasteiger partial charge in [0.2, 0.25) is 0 Å². The maximum absolute atomic E-state index is 9.17. The molecule has 2 rings (SSSR count). The molecule has 0 saturated heterocycles. The fourth-order valence-electron chi connectivity index (χ4n) is 2.15. The number of unbranched alkanes of at least 4 members (excludes halogenated alkanes) is 1. The third-order valence-corrected chi connectivity index (χ3v) is 3.35. The second-order valence-electron chi connectivity index (χ2n) is 5.09. The van der Waals surface area contributed by atoms with Crippen molar-refractivity contribution in [3.05, 3.63) is 59.2 Å². The summed E-state index contributed by atoms with van der Waals surface area (Å²) in [5.41, 5.74) is 5.02. The van der Waals surface area contributed by atoms with Gasteiger partial charge in [-0.25, -0.2) is 0 Å². The molecule has 1 N–H and O–H groups in total. The van der Waals surface area contributed by atoms with E-state index in [0.717, 1.165) is 23.4 Å². The normalized spacial score (nSPS) is 10.1. The van der Waals surface area contributed by atoms with Crippen LogP contribution in [0.5, 0.6) is 0 Å². The fraction of sp³-hybridized carbons (Fsp3) is 0.278. The van der Waals surface area contributed by atoms with Gasteiger partial charge in [-0.15, -0.1) is 0 Å². The largest absolute Gasteiger partial charge is 0.354 e. The highest BCUT2D eigenvalue weighted by Crippen LogP contribution is 2.22. The number of rotatable bonds is 5. The van der Waals surface area contributed by atoms with Crippen LogP contribution in [-0.2, 0) is 6.42 Å². The summed E-state index contributed by atoms with van der Waals surface area (Å²) in [6, 6.07) is 16.6. The van der Waals surface area contributed by atoms with Crippen molar-refractivity contribution in [1.82, 2.24) is 0 Å². The van der Waals surface area contributed by atoms with Gasteiger partial charge in [0.25, 0.3) is 0 Å². The zero-order chi connectivity index (χ0) is 14.4. The second-order valence-corrected chi connectivity index (χ2v) is 5.09. The van der Waals surface area contributed by atoms with Gasteiger partial charge in [-0.2, -0.15) is 5.26 Å². The van der Waals surface area contributed by atoms with Crippen molar-refractivity contribution in [1.29, 1.82) is 5.26 Å². The summed E-state index contributed by atoms with van der Waals surface area (Å²) in [4.78, 5) is 0. The lowest BCUT2D eigenvalue weighted by atomic mass is 10.1. The van der Waals surface area contributed by atoms with Crippen molar-refractivity contribution >= 4 is 11.4 Å². The molecule has 0 amide bonds. The number of hydrogen-bond acceptors (Lipinski definition) is 2. The third kappa shape index (κ3) is 3.61. The Hall–Kier alpha value is -2.27. The molecule has 0 aliphatic heterocycles. The number of hydrogen-bond donors (Lipinski definition) is 1. The molecule has 0 aromatic heterocycles. The monoisotopic (exact) mass is 264 g/mol. The summed E-state index contributed by atoms with van der Waals surface area (Å²) in [6.07, 6.45) is 3.57. The van der Waals surface area contributed by atoms with Gasteiger partial charge in [-0.05, 0) is 55.2 Å². The lowest BCUT2D eigenvalue weighted by molar-refractivity contribution is 0.795. The van der Waals surface area contributed by atoms with Gasteiger partial charge in [0, 0.05) is 5.69 Å². The maximum Gasteiger partial charge on any atom is 0.101 e. The molecule has 0 bridgehead atoms. The van der Waals surface area contributed by atoms with Gasteiger partial charge in [0.1, 0.15) is 6.07 Å². The van der Waals surface area contributed by atoms with E-state index in [2.05, 4.69) is 42.6 Å². The molecule has 0 atom stereocenters. The first-order chi connectivity index (χ1) is 9.72. The number of anilines is 2. The number of aryl methyl sites for hydroxylation is 2. The minimum absolute atomic E-state index is 0.681. The number of nitrogens with zero attached hydrogens (tertiary/aromatic N) is 1. The van der Waals surface area contributed by atoms with Crippen LogP contribution in [0.1, 0.15) is 36.5 Å². The van der Waals surface area contributed by atoms with E-state index in [0.29, 0.717) is 5.56 Å². The molecule has 0 spiro atoms. The molecule has 2 aromatic rings. The van der Waals surface area contributed by atoms with Crippen LogP contribution in [0.15, 0.2) is 42.5 Å². The average Bonchev–Trinajstić information content (AvgIpc) is 2.48. The van der Waals surface area contributed by atoms with E-state index in [4.69, 9.17) is 0 Å². The molecule has 0 heterocycles. The van der Waals surface area contributed by atoms with E-state index in [9.17, 15) is 5.26 Å². The Morgan fingerprint density at radius 2 is 1.85 bits per heavy atom. The van der Waals surface area contributed by atoms with E-state index in [-0.39, 0.29) is 0 Å². The van der Waals surface area contributed by atoms with Gasteiger partial charge in [-0.3, -0.25) is 0 Å². The minimum Gasteiger partial charge on any atom is -0.354 e. The highest BCUT2D eigenvalue weighted by atomic mass is 14.9. The predicted molar refractivity (Wildman–Crippen MR) is 84.2 cm³/mol. The summed E-state index contributed by atoms with van der Waals surface area (Å²) in [6.45, 7) is 4.20. The first kappa shape index (κ1) is 14.1. The van der Waals surface area contributed by atoms with Crippen LogP contribution < -0.4 is 5.32 Å². The number of nitrogens with one attached hydrogen (secondary N) is 1. The molecular formula is C18H20N2. The van der Waals surface area contributed by atoms with Crippen LogP contribution in [0.4, 0.5) is 11.4 Å². The summed E-state index contributed by atoms with van der Waals surface area (Å²) in [7, 11) is 0. The SMILES string of the molecule is CCCCc1ccc(Nc2ccc(C)cc2C#N)cc1. The van der Waals surface area contributed by atoms with Gasteiger partial charge < -0.3 is 5.32 Å². The molecule has 0 aliphatic carbocycles. The molecule has 0 radical (unpaired) electrons. The van der Waals surface area contributed by atoms with Gasteiger partial charge >= 0.3 is 0 Å². The molecule has 20 heavy (non-hydrogen) atoms. The van der Waals surface area contributed by atoms with E-state index in [1.807, 2.05) is 25.1 Å². The number of benzene rings is 2. The van der Waals surface area contributed by atoms with E-state index < -0.39 is 0 Å². The maximum atomic E-state index is 9.17. The van der Waals surface area contributed by atoms with Crippen LogP contribution >= 0.6 is 0 Å². The lowest BCUT2D eigenvalue weighted by Gasteiger charge is -2.09. The molecule has 2 aromatic carbocycles. The first-order valence-corrected chi connectivity index (χ1v) is 7.09. The zero-order valence-corrected chi connectivity index (χ0v) is 12.1. The topological polar surface area (TPSA) is 35.8 Å². The highest BCUT2D eigenvalue weighted by molar-refractivity contribution is 5.67. The van der Waals surface area contributed by atoms with Crippen molar-refractivity contribution in [3.8, 4) is 6.07 Å². The van der Waals surface area contributed by atoms with Crippen molar-refractivity contribution in [2.75, 3.05) is 5.32 Å². The van der Waals surface area contributed by atoms with Crippen molar-refractivity contribution in [2.45, 2.75) is 33.1 Å². The lowest BCUT2D eigenvalue weighted by Crippen LogP contribution is -1.94. The molecule has 0 fully saturated rings. The van der Waals surface area contributed by atoms with Crippen molar-refractivity contribution in [3.63, 3.8) is 0 Å². The zero-order valence-electron chi connectivity index (χ0n) is 12.1. The molecule has 102 valence electrons. The Bertz CT molecular complexity index is 606. The van der Waals surface area contributed by atoms with Gasteiger partial charge in [-0.1, -0.05) is 31.5 Å². The Balaban J connectivity index is 2.12. The van der Waals surface area contributed by atoms with Crippen LogP contribution in [0.2, 0.25) is 0 Å². The van der Waals surface area contributed by atoms with Gasteiger partial charge in [0.15, 0.2) is 0 Å². The summed E-state index contributed by atoms with van der Waals surface area (Å²) in [5.74, 6) is 0. The first-order valence-electron chi connectivity index (χ1n) is 7.09. The predicted octanol–water partition coefficient (Wildman–Crippen LogP) is 4.95. The molecule has 0 unspecified atom stereocenters. The van der Waals surface area contributed by atoms with Crippen LogP contribution in [0.25, 0.3) is 0 Å². The standard InChI is InChI=1S/C18H20N2/c1-3-4-5-15-7-9-17(10-8-15)20-18-11-6-14(2)12-16(18)13-19/h6-12,20H,3-5H2,1-2H3. The Labute approximate surface area is 121 Å².